The molecule has 0 saturated carbocycles. The number of hydrogen-bond acceptors (Lipinski definition) is 4. The van der Waals surface area contributed by atoms with E-state index in [9.17, 15) is 9.59 Å². The van der Waals surface area contributed by atoms with Gasteiger partial charge in [0.15, 0.2) is 0 Å². The molecule has 0 spiro atoms. The maximum absolute atomic E-state index is 12.4. The summed E-state index contributed by atoms with van der Waals surface area (Å²) in [5, 5.41) is 3.08. The minimum atomic E-state index is -0.416. The van der Waals surface area contributed by atoms with Crippen LogP contribution >= 0.6 is 12.4 Å². The summed E-state index contributed by atoms with van der Waals surface area (Å²) < 4.78 is 0. The van der Waals surface area contributed by atoms with Gasteiger partial charge in [-0.25, -0.2) is 0 Å². The fourth-order valence-electron chi connectivity index (χ4n) is 3.74. The van der Waals surface area contributed by atoms with Crippen molar-refractivity contribution in [2.45, 2.75) is 58.4 Å². The first kappa shape index (κ1) is 23.2. The highest BCUT2D eigenvalue weighted by atomic mass is 35.5. The van der Waals surface area contributed by atoms with E-state index in [1.165, 1.54) is 25.9 Å². The zero-order valence-electron chi connectivity index (χ0n) is 16.4. The number of nitrogens with two attached hydrogens (primary N) is 1. The van der Waals surface area contributed by atoms with Crippen LogP contribution in [-0.2, 0) is 9.59 Å². The van der Waals surface area contributed by atoms with Gasteiger partial charge >= 0.3 is 0 Å². The summed E-state index contributed by atoms with van der Waals surface area (Å²) in [6.45, 7) is 9.62. The van der Waals surface area contributed by atoms with Crippen LogP contribution in [0.3, 0.4) is 0 Å². The number of nitrogens with one attached hydrogen (secondary N) is 1. The molecule has 0 aromatic rings. The van der Waals surface area contributed by atoms with E-state index in [1.54, 1.807) is 0 Å². The first-order valence-corrected chi connectivity index (χ1v) is 10.1. The van der Waals surface area contributed by atoms with Crippen molar-refractivity contribution in [1.29, 1.82) is 0 Å². The van der Waals surface area contributed by atoms with Gasteiger partial charge in [-0.05, 0) is 57.7 Å². The fraction of sp³-hybridized carbons (Fsp3) is 0.895. The van der Waals surface area contributed by atoms with Crippen molar-refractivity contribution in [2.75, 3.05) is 39.3 Å². The number of carbonyl (C=O) groups excluding carboxylic acids is 2. The summed E-state index contributed by atoms with van der Waals surface area (Å²) in [7, 11) is 0. The van der Waals surface area contributed by atoms with E-state index in [0.717, 1.165) is 38.8 Å². The van der Waals surface area contributed by atoms with Crippen molar-refractivity contribution in [2.24, 2.45) is 17.6 Å². The molecule has 6 nitrogen and oxygen atoms in total. The lowest BCUT2D eigenvalue weighted by atomic mass is 9.93. The van der Waals surface area contributed by atoms with E-state index >= 15 is 0 Å². The Morgan fingerprint density at radius 2 is 1.77 bits per heavy atom. The van der Waals surface area contributed by atoms with Crippen LogP contribution in [0.15, 0.2) is 0 Å². The average molecular weight is 389 g/mol. The zero-order chi connectivity index (χ0) is 18.2. The maximum atomic E-state index is 12.4. The number of halogens is 1. The van der Waals surface area contributed by atoms with Crippen molar-refractivity contribution in [3.63, 3.8) is 0 Å². The SMILES string of the molecule is CCC(C)C(N)C(=O)N1CCC(C(=O)NCCCN2CCCC2)CC1.Cl. The predicted octanol–water partition coefficient (Wildman–Crippen LogP) is 1.62. The van der Waals surface area contributed by atoms with Crippen LogP contribution in [0.5, 0.6) is 0 Å². The lowest BCUT2D eigenvalue weighted by molar-refractivity contribution is -0.137. The highest BCUT2D eigenvalue weighted by Gasteiger charge is 2.30. The lowest BCUT2D eigenvalue weighted by Gasteiger charge is -2.34. The topological polar surface area (TPSA) is 78.7 Å². The largest absolute Gasteiger partial charge is 0.356 e. The summed E-state index contributed by atoms with van der Waals surface area (Å²) >= 11 is 0. The van der Waals surface area contributed by atoms with Crippen molar-refractivity contribution < 1.29 is 9.59 Å². The third-order valence-electron chi connectivity index (χ3n) is 5.87. The number of carbonyl (C=O) groups is 2. The summed E-state index contributed by atoms with van der Waals surface area (Å²) in [4.78, 5) is 29.0. The summed E-state index contributed by atoms with van der Waals surface area (Å²) in [5.41, 5.74) is 6.05. The third kappa shape index (κ3) is 6.71. The number of nitrogens with zero attached hydrogens (tertiary/aromatic N) is 2. The second kappa shape index (κ2) is 11.8. The minimum absolute atomic E-state index is 0. The highest BCUT2D eigenvalue weighted by molar-refractivity contribution is 5.85. The second-order valence-electron chi connectivity index (χ2n) is 7.70. The van der Waals surface area contributed by atoms with Crippen molar-refractivity contribution >= 4 is 24.2 Å². The molecule has 2 rings (SSSR count). The van der Waals surface area contributed by atoms with Crippen LogP contribution in [0.25, 0.3) is 0 Å². The first-order valence-electron chi connectivity index (χ1n) is 10.1. The Kier molecular flexibility index (Phi) is 10.5. The quantitative estimate of drug-likeness (QED) is 0.619. The molecule has 0 radical (unpaired) electrons. The van der Waals surface area contributed by atoms with Crippen LogP contribution in [0.4, 0.5) is 0 Å². The van der Waals surface area contributed by atoms with E-state index in [2.05, 4.69) is 17.1 Å². The van der Waals surface area contributed by atoms with Crippen LogP contribution in [-0.4, -0.2) is 66.9 Å². The van der Waals surface area contributed by atoms with Gasteiger partial charge in [-0.3, -0.25) is 9.59 Å². The van der Waals surface area contributed by atoms with E-state index in [-0.39, 0.29) is 36.1 Å². The molecule has 2 atom stereocenters. The van der Waals surface area contributed by atoms with Gasteiger partial charge in [-0.15, -0.1) is 12.4 Å². The standard InChI is InChI=1S/C19H36N4O2.ClH/c1-3-15(2)17(20)19(25)23-13-7-16(8-14-23)18(24)21-9-6-12-22-10-4-5-11-22;/h15-17H,3-14,20H2,1-2H3,(H,21,24);1H. The van der Waals surface area contributed by atoms with Gasteiger partial charge in [-0.1, -0.05) is 20.3 Å². The predicted molar refractivity (Wildman–Crippen MR) is 107 cm³/mol. The number of amides is 2. The normalized spacial score (nSPS) is 21.1. The zero-order valence-corrected chi connectivity index (χ0v) is 17.2. The van der Waals surface area contributed by atoms with Crippen molar-refractivity contribution in [3.8, 4) is 0 Å². The summed E-state index contributed by atoms with van der Waals surface area (Å²) in [6.07, 6.45) is 6.04. The average Bonchev–Trinajstić information content (AvgIpc) is 3.16. The molecule has 2 heterocycles. The Bertz CT molecular complexity index is 435. The number of piperidine rings is 1. The summed E-state index contributed by atoms with van der Waals surface area (Å²) in [5.74, 6) is 0.429. The molecule has 2 amide bonds. The molecule has 0 aromatic carbocycles. The molecular weight excluding hydrogens is 352 g/mol. The molecule has 7 heteroatoms. The molecule has 2 saturated heterocycles. The molecule has 2 fully saturated rings. The Hall–Kier alpha value is -0.850. The van der Waals surface area contributed by atoms with Gasteiger partial charge in [0.1, 0.15) is 0 Å². The molecule has 0 aromatic heterocycles. The molecule has 2 aliphatic rings. The minimum Gasteiger partial charge on any atom is -0.356 e. The van der Waals surface area contributed by atoms with Gasteiger partial charge < -0.3 is 20.9 Å². The monoisotopic (exact) mass is 388 g/mol. The third-order valence-corrected chi connectivity index (χ3v) is 5.87. The van der Waals surface area contributed by atoms with Crippen LogP contribution in [0, 0.1) is 11.8 Å². The number of hydrogen-bond donors (Lipinski definition) is 2. The fourth-order valence-corrected chi connectivity index (χ4v) is 3.74. The molecule has 0 bridgehead atoms. The molecule has 3 N–H and O–H groups in total. The highest BCUT2D eigenvalue weighted by Crippen LogP contribution is 2.19. The first-order chi connectivity index (χ1) is 12.0. The molecular formula is C19H37ClN4O2. The Morgan fingerprint density at radius 1 is 1.15 bits per heavy atom. The smallest absolute Gasteiger partial charge is 0.239 e. The number of likely N-dealkylation sites (tertiary alicyclic amines) is 2. The van der Waals surface area contributed by atoms with E-state index in [0.29, 0.717) is 13.1 Å². The van der Waals surface area contributed by atoms with Gasteiger partial charge in [0, 0.05) is 25.6 Å². The van der Waals surface area contributed by atoms with E-state index in [1.807, 2.05) is 11.8 Å². The lowest BCUT2D eigenvalue weighted by Crippen LogP contribution is -2.51. The Morgan fingerprint density at radius 3 is 2.35 bits per heavy atom. The van der Waals surface area contributed by atoms with Gasteiger partial charge in [0.25, 0.3) is 0 Å². The van der Waals surface area contributed by atoms with Gasteiger partial charge in [-0.2, -0.15) is 0 Å². The van der Waals surface area contributed by atoms with Crippen LogP contribution in [0.2, 0.25) is 0 Å². The van der Waals surface area contributed by atoms with Crippen LogP contribution in [0.1, 0.15) is 52.4 Å². The van der Waals surface area contributed by atoms with E-state index in [4.69, 9.17) is 5.73 Å². The number of rotatable bonds is 8. The second-order valence-corrected chi connectivity index (χ2v) is 7.70. The van der Waals surface area contributed by atoms with Gasteiger partial charge in [0.2, 0.25) is 11.8 Å². The molecule has 26 heavy (non-hydrogen) atoms. The Balaban J connectivity index is 0.00000338. The molecule has 2 aliphatic heterocycles. The Labute approximate surface area is 164 Å². The van der Waals surface area contributed by atoms with Crippen molar-refractivity contribution in [3.05, 3.63) is 0 Å². The molecule has 152 valence electrons. The molecule has 0 aliphatic carbocycles. The van der Waals surface area contributed by atoms with Crippen molar-refractivity contribution in [1.82, 2.24) is 15.1 Å². The summed E-state index contributed by atoms with van der Waals surface area (Å²) in [6, 6.07) is -0.416. The molecule has 2 unspecified atom stereocenters. The maximum Gasteiger partial charge on any atom is 0.239 e. The van der Waals surface area contributed by atoms with Gasteiger partial charge in [0.05, 0.1) is 6.04 Å². The van der Waals surface area contributed by atoms with E-state index < -0.39 is 6.04 Å². The van der Waals surface area contributed by atoms with Crippen LogP contribution < -0.4 is 11.1 Å².